The monoisotopic (exact) mass is 695 g/mol. The van der Waals surface area contributed by atoms with Gasteiger partial charge in [-0.2, -0.15) is 0 Å². The van der Waals surface area contributed by atoms with Crippen molar-refractivity contribution in [2.24, 2.45) is 21.7 Å². The molecule has 0 bridgehead atoms. The van der Waals surface area contributed by atoms with E-state index in [2.05, 4.69) is 62.7 Å². The van der Waals surface area contributed by atoms with Gasteiger partial charge in [0.2, 0.25) is 11.8 Å². The molecule has 8 nitrogen and oxygen atoms in total. The van der Waals surface area contributed by atoms with Gasteiger partial charge in [-0.3, -0.25) is 9.59 Å². The molecule has 0 aromatic heterocycles. The van der Waals surface area contributed by atoms with E-state index in [0.29, 0.717) is 31.8 Å². The SMILES string of the molecule is CC(C)(C)NC(=O)C1(C2(C)C=CCCC2)CCN(C(=O)OC(C)(C)C)CC1.CC(C)(C)NC(=O)C1(C2(C)CCCCC2)CCNCC1.Cl. The molecule has 0 spiro atoms. The molecule has 1 atom stereocenters. The normalized spacial score (nSPS) is 25.4. The number of ether oxygens (including phenoxy) is 1. The van der Waals surface area contributed by atoms with Gasteiger partial charge in [0.1, 0.15) is 5.60 Å². The van der Waals surface area contributed by atoms with Crippen LogP contribution >= 0.6 is 12.4 Å². The maximum absolute atomic E-state index is 13.5. The zero-order valence-electron chi connectivity index (χ0n) is 32.5. The van der Waals surface area contributed by atoms with Gasteiger partial charge < -0.3 is 25.6 Å². The molecular formula is C39H71ClN4O4. The minimum absolute atomic E-state index is 0. The Kier molecular flexibility index (Phi) is 14.2. The van der Waals surface area contributed by atoms with Crippen molar-refractivity contribution in [1.82, 2.24) is 20.9 Å². The minimum atomic E-state index is -0.507. The van der Waals surface area contributed by atoms with Gasteiger partial charge in [0.25, 0.3) is 0 Å². The molecule has 0 radical (unpaired) electrons. The molecule has 2 aliphatic heterocycles. The summed E-state index contributed by atoms with van der Waals surface area (Å²) in [4.78, 5) is 40.8. The Morgan fingerprint density at radius 3 is 1.62 bits per heavy atom. The molecular weight excluding hydrogens is 624 g/mol. The predicted octanol–water partition coefficient (Wildman–Crippen LogP) is 8.33. The highest BCUT2D eigenvalue weighted by molar-refractivity contribution is 5.86. The second-order valence-corrected chi connectivity index (χ2v) is 18.6. The highest BCUT2D eigenvalue weighted by Crippen LogP contribution is 2.55. The largest absolute Gasteiger partial charge is 0.444 e. The quantitative estimate of drug-likeness (QED) is 0.257. The number of rotatable bonds is 4. The summed E-state index contributed by atoms with van der Waals surface area (Å²) >= 11 is 0. The maximum Gasteiger partial charge on any atom is 0.410 e. The van der Waals surface area contributed by atoms with Crippen LogP contribution in [0.2, 0.25) is 0 Å². The average molecular weight is 695 g/mol. The second kappa shape index (κ2) is 16.0. The Bertz CT molecular complexity index is 1110. The van der Waals surface area contributed by atoms with Gasteiger partial charge >= 0.3 is 6.09 Å². The first-order chi connectivity index (χ1) is 21.6. The summed E-state index contributed by atoms with van der Waals surface area (Å²) < 4.78 is 5.53. The Hall–Kier alpha value is -1.80. The predicted molar refractivity (Wildman–Crippen MR) is 199 cm³/mol. The molecule has 4 rings (SSSR count). The fourth-order valence-electron chi connectivity index (χ4n) is 8.56. The van der Waals surface area contributed by atoms with E-state index in [1.54, 1.807) is 4.90 Å². The van der Waals surface area contributed by atoms with Crippen molar-refractivity contribution in [3.63, 3.8) is 0 Å². The number of carbonyl (C=O) groups excluding carboxylic acids is 3. The number of amides is 3. The number of halogens is 1. The van der Waals surface area contributed by atoms with Crippen LogP contribution < -0.4 is 16.0 Å². The molecule has 278 valence electrons. The third-order valence-corrected chi connectivity index (χ3v) is 11.3. The van der Waals surface area contributed by atoms with Crippen LogP contribution in [0.25, 0.3) is 0 Å². The zero-order valence-corrected chi connectivity index (χ0v) is 33.3. The van der Waals surface area contributed by atoms with Gasteiger partial charge in [0, 0.05) is 24.2 Å². The molecule has 3 N–H and O–H groups in total. The van der Waals surface area contributed by atoms with Crippen molar-refractivity contribution in [3.05, 3.63) is 12.2 Å². The van der Waals surface area contributed by atoms with Crippen LogP contribution in [0.4, 0.5) is 4.79 Å². The van der Waals surface area contributed by atoms with Gasteiger partial charge in [0.15, 0.2) is 0 Å². The number of carbonyl (C=O) groups is 3. The molecule has 2 saturated heterocycles. The van der Waals surface area contributed by atoms with Crippen LogP contribution in [0.15, 0.2) is 12.2 Å². The maximum atomic E-state index is 13.5. The molecule has 1 unspecified atom stereocenters. The number of piperidine rings is 2. The molecule has 2 aliphatic carbocycles. The Labute approximate surface area is 299 Å². The number of allylic oxidation sites excluding steroid dienone is 2. The van der Waals surface area contributed by atoms with E-state index in [1.807, 2.05) is 41.5 Å². The number of likely N-dealkylation sites (tertiary alicyclic amines) is 1. The second-order valence-electron chi connectivity index (χ2n) is 18.6. The van der Waals surface area contributed by atoms with Crippen LogP contribution in [0, 0.1) is 21.7 Å². The lowest BCUT2D eigenvalue weighted by Crippen LogP contribution is -2.60. The lowest BCUT2D eigenvalue weighted by atomic mass is 9.54. The Morgan fingerprint density at radius 2 is 1.19 bits per heavy atom. The zero-order chi connectivity index (χ0) is 35.4. The summed E-state index contributed by atoms with van der Waals surface area (Å²) in [6.45, 7) is 25.6. The summed E-state index contributed by atoms with van der Waals surface area (Å²) in [6.07, 6.45) is 17.0. The molecule has 0 aromatic rings. The fourth-order valence-corrected chi connectivity index (χ4v) is 8.56. The summed E-state index contributed by atoms with van der Waals surface area (Å²) in [5.41, 5.74) is -1.57. The molecule has 3 amide bonds. The Morgan fingerprint density at radius 1 is 0.688 bits per heavy atom. The van der Waals surface area contributed by atoms with Gasteiger partial charge in [0.05, 0.1) is 10.8 Å². The highest BCUT2D eigenvalue weighted by Gasteiger charge is 2.55. The van der Waals surface area contributed by atoms with Crippen LogP contribution in [0.5, 0.6) is 0 Å². The smallest absolute Gasteiger partial charge is 0.410 e. The van der Waals surface area contributed by atoms with E-state index < -0.39 is 11.0 Å². The van der Waals surface area contributed by atoms with Gasteiger partial charge in [-0.15, -0.1) is 12.4 Å². The Balaban J connectivity index is 0.000000340. The molecule has 48 heavy (non-hydrogen) atoms. The van der Waals surface area contributed by atoms with Crippen molar-refractivity contribution in [2.75, 3.05) is 26.2 Å². The topological polar surface area (TPSA) is 99.8 Å². The van der Waals surface area contributed by atoms with Crippen LogP contribution in [-0.4, -0.2) is 65.7 Å². The van der Waals surface area contributed by atoms with E-state index in [0.717, 1.165) is 45.2 Å². The first-order valence-electron chi connectivity index (χ1n) is 18.6. The summed E-state index contributed by atoms with van der Waals surface area (Å²) in [5.74, 6) is 0.420. The van der Waals surface area contributed by atoms with E-state index in [9.17, 15) is 14.4 Å². The van der Waals surface area contributed by atoms with Crippen LogP contribution in [0.1, 0.15) is 153 Å². The first kappa shape index (κ1) is 42.4. The van der Waals surface area contributed by atoms with E-state index in [4.69, 9.17) is 4.74 Å². The summed E-state index contributed by atoms with van der Waals surface area (Å²) in [7, 11) is 0. The average Bonchev–Trinajstić information content (AvgIpc) is 2.96. The molecule has 2 heterocycles. The highest BCUT2D eigenvalue weighted by atomic mass is 35.5. The van der Waals surface area contributed by atoms with E-state index >= 15 is 0 Å². The van der Waals surface area contributed by atoms with Gasteiger partial charge in [-0.1, -0.05) is 45.3 Å². The van der Waals surface area contributed by atoms with E-state index in [-0.39, 0.29) is 51.7 Å². The molecule has 0 aromatic carbocycles. The van der Waals surface area contributed by atoms with E-state index in [1.165, 1.54) is 32.1 Å². The van der Waals surface area contributed by atoms with Crippen molar-refractivity contribution in [2.45, 2.75) is 170 Å². The lowest BCUT2D eigenvalue weighted by molar-refractivity contribution is -0.146. The van der Waals surface area contributed by atoms with Crippen molar-refractivity contribution < 1.29 is 19.1 Å². The lowest BCUT2D eigenvalue weighted by Gasteiger charge is -2.52. The van der Waals surface area contributed by atoms with Crippen LogP contribution in [-0.2, 0) is 14.3 Å². The first-order valence-corrected chi connectivity index (χ1v) is 18.6. The summed E-state index contributed by atoms with van der Waals surface area (Å²) in [5, 5.41) is 9.95. The van der Waals surface area contributed by atoms with Gasteiger partial charge in [-0.25, -0.2) is 4.79 Å². The molecule has 4 aliphatic rings. The third kappa shape index (κ3) is 10.4. The molecule has 1 saturated carbocycles. The molecule has 3 fully saturated rings. The number of nitrogens with one attached hydrogen (secondary N) is 3. The van der Waals surface area contributed by atoms with Crippen molar-refractivity contribution in [1.29, 1.82) is 0 Å². The number of hydrogen-bond donors (Lipinski definition) is 3. The number of nitrogens with zero attached hydrogens (tertiary/aromatic N) is 1. The molecule has 9 heteroatoms. The summed E-state index contributed by atoms with van der Waals surface area (Å²) in [6, 6.07) is 0. The number of hydrogen-bond acceptors (Lipinski definition) is 5. The van der Waals surface area contributed by atoms with Crippen LogP contribution in [0.3, 0.4) is 0 Å². The standard InChI is InChI=1S/C22H38N2O3.C17H32N2O.ClH/c1-19(2,3)23-17(25)22(21(7)11-9-8-10-12-21)13-15-24(16-14-22)18(26)27-20(4,5)6;1-15(2,3)19-14(20)17(10-12-18-13-11-17)16(4)8-6-5-7-9-16;/h9,11H,8,10,12-16H2,1-7H3,(H,23,25);18H,5-13H2,1-4H3,(H,19,20);1H. The van der Waals surface area contributed by atoms with Crippen molar-refractivity contribution in [3.8, 4) is 0 Å². The third-order valence-electron chi connectivity index (χ3n) is 11.3. The fraction of sp³-hybridized carbons (Fsp3) is 0.872. The van der Waals surface area contributed by atoms with Gasteiger partial charge in [-0.05, 0) is 144 Å². The minimum Gasteiger partial charge on any atom is -0.444 e. The van der Waals surface area contributed by atoms with Crippen molar-refractivity contribution >= 4 is 30.3 Å².